The molecule has 1 aromatic rings. The van der Waals surface area contributed by atoms with Gasteiger partial charge in [-0.1, -0.05) is 42.5 Å². The van der Waals surface area contributed by atoms with Crippen molar-refractivity contribution in [2.24, 2.45) is 0 Å². The van der Waals surface area contributed by atoms with Crippen molar-refractivity contribution in [3.8, 4) is 0 Å². The second-order valence-corrected chi connectivity index (χ2v) is 4.14. The maximum absolute atomic E-state index is 11.1. The van der Waals surface area contributed by atoms with Crippen LogP contribution >= 0.6 is 0 Å². The molecule has 0 aromatic heterocycles. The Labute approximate surface area is 99.8 Å². The molecule has 1 aliphatic rings. The fourth-order valence-electron chi connectivity index (χ4n) is 2.01. The number of aliphatic hydroxyl groups excluding tert-OH is 1. The molecule has 1 aliphatic heterocycles. The Morgan fingerprint density at radius 1 is 1.29 bits per heavy atom. The summed E-state index contributed by atoms with van der Waals surface area (Å²) in [5.41, 5.74) is 1.09. The van der Waals surface area contributed by atoms with Crippen LogP contribution in [0.25, 0.3) is 0 Å². The number of aliphatic hydroxyl groups is 1. The summed E-state index contributed by atoms with van der Waals surface area (Å²) in [4.78, 5) is 12.4. The number of carboxylic acid groups (broad SMARTS) is 1. The smallest absolute Gasteiger partial charge is 0.407 e. The van der Waals surface area contributed by atoms with Gasteiger partial charge in [0, 0.05) is 0 Å². The fourth-order valence-corrected chi connectivity index (χ4v) is 2.01. The van der Waals surface area contributed by atoms with E-state index in [-0.39, 0.29) is 12.6 Å². The maximum Gasteiger partial charge on any atom is 0.407 e. The van der Waals surface area contributed by atoms with Gasteiger partial charge in [-0.2, -0.15) is 0 Å². The van der Waals surface area contributed by atoms with Crippen molar-refractivity contribution in [2.45, 2.75) is 18.6 Å². The van der Waals surface area contributed by atoms with Crippen molar-refractivity contribution in [3.05, 3.63) is 48.0 Å². The Morgan fingerprint density at radius 3 is 2.65 bits per heavy atom. The van der Waals surface area contributed by atoms with E-state index in [0.717, 1.165) is 5.56 Å². The molecular formula is C13H15NO3. The van der Waals surface area contributed by atoms with Gasteiger partial charge >= 0.3 is 6.09 Å². The van der Waals surface area contributed by atoms with E-state index < -0.39 is 12.2 Å². The average molecular weight is 233 g/mol. The van der Waals surface area contributed by atoms with Gasteiger partial charge in [-0.25, -0.2) is 4.79 Å². The molecule has 2 unspecified atom stereocenters. The molecule has 0 saturated heterocycles. The van der Waals surface area contributed by atoms with Crippen LogP contribution in [-0.2, 0) is 6.42 Å². The Balaban J connectivity index is 2.13. The van der Waals surface area contributed by atoms with Crippen LogP contribution in [0.15, 0.2) is 42.5 Å². The van der Waals surface area contributed by atoms with Crippen LogP contribution in [0.3, 0.4) is 0 Å². The summed E-state index contributed by atoms with van der Waals surface area (Å²) in [7, 11) is 0. The van der Waals surface area contributed by atoms with E-state index in [9.17, 15) is 9.90 Å². The number of hydrogen-bond acceptors (Lipinski definition) is 2. The molecule has 4 nitrogen and oxygen atoms in total. The van der Waals surface area contributed by atoms with Crippen molar-refractivity contribution in [2.75, 3.05) is 6.54 Å². The highest BCUT2D eigenvalue weighted by atomic mass is 16.4. The average Bonchev–Trinajstić information content (AvgIpc) is 2.32. The quantitative estimate of drug-likeness (QED) is 0.761. The number of β-amino-alcohol motifs (C(OH)–C–C–N with tert-alkyl or cyclic N) is 1. The third kappa shape index (κ3) is 2.85. The normalized spacial score (nSPS) is 23.7. The maximum atomic E-state index is 11.1. The topological polar surface area (TPSA) is 60.8 Å². The van der Waals surface area contributed by atoms with Gasteiger partial charge in [-0.05, 0) is 12.0 Å². The second-order valence-electron chi connectivity index (χ2n) is 4.14. The SMILES string of the molecule is O=C(O)N1CC(O)C=CC1Cc1ccccc1. The largest absolute Gasteiger partial charge is 0.465 e. The molecule has 0 aliphatic carbocycles. The molecule has 1 amide bonds. The Bertz CT molecular complexity index is 416. The second kappa shape index (κ2) is 5.01. The predicted molar refractivity (Wildman–Crippen MR) is 63.8 cm³/mol. The first-order chi connectivity index (χ1) is 8.16. The van der Waals surface area contributed by atoms with Crippen molar-refractivity contribution < 1.29 is 15.0 Å². The lowest BCUT2D eigenvalue weighted by Crippen LogP contribution is -2.46. The monoisotopic (exact) mass is 233 g/mol. The highest BCUT2D eigenvalue weighted by molar-refractivity contribution is 5.66. The van der Waals surface area contributed by atoms with Crippen LogP contribution in [0, 0.1) is 0 Å². The van der Waals surface area contributed by atoms with Crippen molar-refractivity contribution >= 4 is 6.09 Å². The van der Waals surface area contributed by atoms with E-state index in [1.807, 2.05) is 30.3 Å². The Morgan fingerprint density at radius 2 is 2.00 bits per heavy atom. The highest BCUT2D eigenvalue weighted by Gasteiger charge is 2.26. The summed E-state index contributed by atoms with van der Waals surface area (Å²) in [6.07, 6.45) is 2.37. The molecule has 0 fully saturated rings. The van der Waals surface area contributed by atoms with Crippen LogP contribution in [-0.4, -0.2) is 39.9 Å². The molecule has 4 heteroatoms. The van der Waals surface area contributed by atoms with Crippen LogP contribution in [0.1, 0.15) is 5.56 Å². The molecule has 2 N–H and O–H groups in total. The van der Waals surface area contributed by atoms with Crippen molar-refractivity contribution in [1.82, 2.24) is 4.90 Å². The van der Waals surface area contributed by atoms with E-state index in [1.165, 1.54) is 4.90 Å². The number of nitrogens with zero attached hydrogens (tertiary/aromatic N) is 1. The minimum absolute atomic E-state index is 0.142. The molecule has 0 radical (unpaired) electrons. The van der Waals surface area contributed by atoms with Gasteiger partial charge in [0.25, 0.3) is 0 Å². The van der Waals surface area contributed by atoms with E-state index in [4.69, 9.17) is 5.11 Å². The first-order valence-electron chi connectivity index (χ1n) is 5.56. The lowest BCUT2D eigenvalue weighted by atomic mass is 10.0. The predicted octanol–water partition coefficient (Wildman–Crippen LogP) is 1.51. The summed E-state index contributed by atoms with van der Waals surface area (Å²) >= 11 is 0. The number of amides is 1. The van der Waals surface area contributed by atoms with Gasteiger partial charge in [0.15, 0.2) is 0 Å². The molecule has 2 atom stereocenters. The first kappa shape index (κ1) is 11.7. The lowest BCUT2D eigenvalue weighted by molar-refractivity contribution is 0.0943. The molecule has 0 bridgehead atoms. The lowest BCUT2D eigenvalue weighted by Gasteiger charge is -2.32. The van der Waals surface area contributed by atoms with E-state index in [2.05, 4.69) is 0 Å². The first-order valence-corrected chi connectivity index (χ1v) is 5.56. The molecule has 0 saturated carbocycles. The van der Waals surface area contributed by atoms with Crippen LogP contribution in [0.2, 0.25) is 0 Å². The molecule has 90 valence electrons. The van der Waals surface area contributed by atoms with Gasteiger partial charge in [-0.15, -0.1) is 0 Å². The Kier molecular flexibility index (Phi) is 3.44. The van der Waals surface area contributed by atoms with Crippen molar-refractivity contribution in [1.29, 1.82) is 0 Å². The van der Waals surface area contributed by atoms with Gasteiger partial charge in [-0.3, -0.25) is 4.90 Å². The van der Waals surface area contributed by atoms with E-state index >= 15 is 0 Å². The fraction of sp³-hybridized carbons (Fsp3) is 0.308. The molecule has 0 spiro atoms. The third-order valence-corrected chi connectivity index (χ3v) is 2.87. The van der Waals surface area contributed by atoms with E-state index in [1.54, 1.807) is 12.2 Å². The van der Waals surface area contributed by atoms with Crippen LogP contribution in [0.5, 0.6) is 0 Å². The molecular weight excluding hydrogens is 218 g/mol. The number of hydrogen-bond donors (Lipinski definition) is 2. The third-order valence-electron chi connectivity index (χ3n) is 2.87. The summed E-state index contributed by atoms with van der Waals surface area (Å²) in [5.74, 6) is 0. The zero-order valence-corrected chi connectivity index (χ0v) is 9.36. The van der Waals surface area contributed by atoms with Gasteiger partial charge < -0.3 is 10.2 Å². The summed E-state index contributed by atoms with van der Waals surface area (Å²) in [6.45, 7) is 0.142. The van der Waals surface area contributed by atoms with Crippen LogP contribution in [0.4, 0.5) is 4.79 Å². The zero-order chi connectivity index (χ0) is 12.3. The summed E-state index contributed by atoms with van der Waals surface area (Å²) in [5, 5.41) is 18.5. The van der Waals surface area contributed by atoms with Gasteiger partial charge in [0.1, 0.15) is 0 Å². The summed E-state index contributed by atoms with van der Waals surface area (Å²) < 4.78 is 0. The number of carbonyl (C=O) groups is 1. The molecule has 17 heavy (non-hydrogen) atoms. The number of benzene rings is 1. The molecule has 1 aromatic carbocycles. The van der Waals surface area contributed by atoms with Gasteiger partial charge in [0.2, 0.25) is 0 Å². The van der Waals surface area contributed by atoms with Crippen molar-refractivity contribution in [3.63, 3.8) is 0 Å². The van der Waals surface area contributed by atoms with Gasteiger partial charge in [0.05, 0.1) is 18.7 Å². The summed E-state index contributed by atoms with van der Waals surface area (Å²) in [6, 6.07) is 9.54. The van der Waals surface area contributed by atoms with E-state index in [0.29, 0.717) is 6.42 Å². The molecule has 1 heterocycles. The molecule has 2 rings (SSSR count). The highest BCUT2D eigenvalue weighted by Crippen LogP contribution is 2.15. The minimum atomic E-state index is -0.991. The Hall–Kier alpha value is -1.81. The zero-order valence-electron chi connectivity index (χ0n) is 9.36. The minimum Gasteiger partial charge on any atom is -0.465 e. The standard InChI is InChI=1S/C13H15NO3/c15-12-7-6-11(14(9-12)13(16)17)8-10-4-2-1-3-5-10/h1-7,11-12,15H,8-9H2,(H,16,17). The number of rotatable bonds is 2. The van der Waals surface area contributed by atoms with Crippen LogP contribution < -0.4 is 0 Å².